The number of aromatic hydroxyl groups is 1. The maximum atomic E-state index is 11.1. The number of anilines is 3. The Hall–Kier alpha value is -2.30. The van der Waals surface area contributed by atoms with Gasteiger partial charge in [0.2, 0.25) is 0 Å². The van der Waals surface area contributed by atoms with E-state index in [1.165, 1.54) is 0 Å². The topological polar surface area (TPSA) is 69.6 Å². The number of benzene rings is 1. The van der Waals surface area contributed by atoms with Gasteiger partial charge < -0.3 is 15.3 Å². The van der Waals surface area contributed by atoms with Gasteiger partial charge in [-0.3, -0.25) is 9.59 Å². The normalized spacial score (nSPS) is 10.5. The smallest absolute Gasteiger partial charge is 0.271 e. The van der Waals surface area contributed by atoms with Crippen LogP contribution in [0.25, 0.3) is 0 Å². The highest BCUT2D eigenvalue weighted by Crippen LogP contribution is 2.22. The van der Waals surface area contributed by atoms with Crippen molar-refractivity contribution in [3.63, 3.8) is 0 Å². The lowest BCUT2D eigenvalue weighted by Gasteiger charge is -2.13. The molecule has 88 valence electrons. The van der Waals surface area contributed by atoms with Gasteiger partial charge in [0, 0.05) is 25.5 Å². The molecule has 0 aromatic heterocycles. The number of nitrogens with zero attached hydrogens (tertiary/aromatic N) is 1. The molecule has 5 nitrogen and oxygen atoms in total. The molecule has 0 saturated carbocycles. The Morgan fingerprint density at radius 1 is 1.06 bits per heavy atom. The Labute approximate surface area is 97.6 Å². The van der Waals surface area contributed by atoms with Crippen LogP contribution in [-0.2, 0) is 0 Å². The third-order valence-electron chi connectivity index (χ3n) is 2.54. The average Bonchev–Trinajstić information content (AvgIpc) is 2.35. The summed E-state index contributed by atoms with van der Waals surface area (Å²) in [6.45, 7) is 0. The first-order valence-electron chi connectivity index (χ1n) is 5.07. The van der Waals surface area contributed by atoms with Gasteiger partial charge in [0.05, 0.1) is 0 Å². The lowest BCUT2D eigenvalue weighted by molar-refractivity contribution is 0.466. The average molecular weight is 232 g/mol. The van der Waals surface area contributed by atoms with Crippen LogP contribution in [0.2, 0.25) is 0 Å². The van der Waals surface area contributed by atoms with Crippen molar-refractivity contribution in [3.05, 3.63) is 44.7 Å². The van der Waals surface area contributed by atoms with Gasteiger partial charge >= 0.3 is 0 Å². The van der Waals surface area contributed by atoms with Crippen molar-refractivity contribution in [1.29, 1.82) is 0 Å². The minimum absolute atomic E-state index is 0.0346. The van der Waals surface area contributed by atoms with E-state index in [9.17, 15) is 14.7 Å². The predicted molar refractivity (Wildman–Crippen MR) is 67.1 cm³/mol. The van der Waals surface area contributed by atoms with E-state index in [4.69, 9.17) is 0 Å². The molecule has 5 heteroatoms. The van der Waals surface area contributed by atoms with E-state index in [1.807, 2.05) is 31.1 Å². The standard InChI is InChI=1S/C12H12N2O3/c1-14(2)8-5-3-7(4-6-8)13-9-10(15)12(17)11(9)16/h3-6,13,15H,1-2H3. The van der Waals surface area contributed by atoms with Gasteiger partial charge in [-0.2, -0.15) is 0 Å². The fraction of sp³-hybridized carbons (Fsp3) is 0.167. The molecule has 0 aliphatic carbocycles. The van der Waals surface area contributed by atoms with Gasteiger partial charge in [-0.15, -0.1) is 0 Å². The van der Waals surface area contributed by atoms with E-state index in [-0.39, 0.29) is 5.69 Å². The van der Waals surface area contributed by atoms with Gasteiger partial charge in [0.1, 0.15) is 5.69 Å². The van der Waals surface area contributed by atoms with Crippen molar-refractivity contribution in [2.24, 2.45) is 0 Å². The second-order valence-electron chi connectivity index (χ2n) is 3.95. The second kappa shape index (κ2) is 3.93. The quantitative estimate of drug-likeness (QED) is 0.766. The molecule has 0 radical (unpaired) electrons. The molecule has 0 amide bonds. The zero-order valence-corrected chi connectivity index (χ0v) is 9.52. The highest BCUT2D eigenvalue weighted by molar-refractivity contribution is 5.70. The fourth-order valence-corrected chi connectivity index (χ4v) is 1.48. The number of hydrogen-bond donors (Lipinski definition) is 2. The molecule has 0 fully saturated rings. The minimum Gasteiger partial charge on any atom is -0.502 e. The SMILES string of the molecule is CN(C)c1ccc(Nc2c(O)c(=O)c2=O)cc1. The highest BCUT2D eigenvalue weighted by atomic mass is 16.3. The summed E-state index contributed by atoms with van der Waals surface area (Å²) in [5.74, 6) is -0.494. The Kier molecular flexibility index (Phi) is 2.59. The van der Waals surface area contributed by atoms with E-state index in [0.717, 1.165) is 5.69 Å². The summed E-state index contributed by atoms with van der Waals surface area (Å²) in [6.07, 6.45) is 0. The van der Waals surface area contributed by atoms with Crippen molar-refractivity contribution in [2.45, 2.75) is 0 Å². The predicted octanol–water partition coefficient (Wildman–Crippen LogP) is 0.798. The zero-order valence-electron chi connectivity index (χ0n) is 9.52. The van der Waals surface area contributed by atoms with E-state index >= 15 is 0 Å². The van der Waals surface area contributed by atoms with Crippen LogP contribution in [-0.4, -0.2) is 19.2 Å². The highest BCUT2D eigenvalue weighted by Gasteiger charge is 2.19. The Morgan fingerprint density at radius 3 is 2.12 bits per heavy atom. The lowest BCUT2D eigenvalue weighted by Crippen LogP contribution is -2.32. The third kappa shape index (κ3) is 1.87. The van der Waals surface area contributed by atoms with Crippen LogP contribution in [0.1, 0.15) is 0 Å². The minimum atomic E-state index is -0.836. The molecular formula is C12H12N2O3. The fourth-order valence-electron chi connectivity index (χ4n) is 1.48. The Morgan fingerprint density at radius 2 is 1.65 bits per heavy atom. The van der Waals surface area contributed by atoms with Crippen LogP contribution < -0.4 is 21.1 Å². The lowest BCUT2D eigenvalue weighted by atomic mass is 10.2. The van der Waals surface area contributed by atoms with E-state index < -0.39 is 16.6 Å². The molecule has 2 rings (SSSR count). The molecule has 0 unspecified atom stereocenters. The van der Waals surface area contributed by atoms with Crippen LogP contribution in [0, 0.1) is 0 Å². The molecule has 2 N–H and O–H groups in total. The van der Waals surface area contributed by atoms with Crippen LogP contribution in [0.5, 0.6) is 5.75 Å². The van der Waals surface area contributed by atoms with E-state index in [2.05, 4.69) is 5.32 Å². The van der Waals surface area contributed by atoms with E-state index in [1.54, 1.807) is 12.1 Å². The second-order valence-corrected chi connectivity index (χ2v) is 3.95. The van der Waals surface area contributed by atoms with Gasteiger partial charge in [-0.25, -0.2) is 0 Å². The van der Waals surface area contributed by atoms with Crippen molar-refractivity contribution < 1.29 is 5.11 Å². The molecule has 0 saturated heterocycles. The first-order chi connectivity index (χ1) is 8.00. The molecular weight excluding hydrogens is 220 g/mol. The monoisotopic (exact) mass is 232 g/mol. The molecule has 17 heavy (non-hydrogen) atoms. The van der Waals surface area contributed by atoms with Gasteiger partial charge in [0.25, 0.3) is 10.9 Å². The van der Waals surface area contributed by atoms with Crippen molar-refractivity contribution in [1.82, 2.24) is 0 Å². The van der Waals surface area contributed by atoms with Crippen molar-refractivity contribution >= 4 is 17.1 Å². The van der Waals surface area contributed by atoms with E-state index in [0.29, 0.717) is 5.69 Å². The third-order valence-corrected chi connectivity index (χ3v) is 2.54. The molecule has 0 aliphatic heterocycles. The number of rotatable bonds is 3. The number of hydrogen-bond acceptors (Lipinski definition) is 5. The molecule has 0 atom stereocenters. The van der Waals surface area contributed by atoms with Crippen LogP contribution in [0.4, 0.5) is 17.1 Å². The van der Waals surface area contributed by atoms with Crippen LogP contribution >= 0.6 is 0 Å². The van der Waals surface area contributed by atoms with Crippen molar-refractivity contribution in [2.75, 3.05) is 24.3 Å². The maximum Gasteiger partial charge on any atom is 0.271 e. The molecule has 0 spiro atoms. The summed E-state index contributed by atoms with van der Waals surface area (Å²) in [7, 11) is 3.84. The summed E-state index contributed by atoms with van der Waals surface area (Å²) in [5.41, 5.74) is 0.118. The summed E-state index contributed by atoms with van der Waals surface area (Å²) in [4.78, 5) is 23.9. The van der Waals surface area contributed by atoms with Gasteiger partial charge in [-0.05, 0) is 24.3 Å². The van der Waals surface area contributed by atoms with Gasteiger partial charge in [-0.1, -0.05) is 0 Å². The molecule has 2 aromatic rings. The van der Waals surface area contributed by atoms with Crippen LogP contribution in [0.3, 0.4) is 0 Å². The summed E-state index contributed by atoms with van der Waals surface area (Å²) >= 11 is 0. The molecule has 0 bridgehead atoms. The summed E-state index contributed by atoms with van der Waals surface area (Å²) < 4.78 is 0. The Bertz CT molecular complexity index is 607. The van der Waals surface area contributed by atoms with Gasteiger partial charge in [0.15, 0.2) is 5.75 Å². The maximum absolute atomic E-state index is 11.1. The largest absolute Gasteiger partial charge is 0.502 e. The molecule has 2 aromatic carbocycles. The summed E-state index contributed by atoms with van der Waals surface area (Å²) in [5, 5.41) is 11.9. The first kappa shape index (κ1) is 11.2. The molecule has 0 aliphatic rings. The number of nitrogens with one attached hydrogen (secondary N) is 1. The first-order valence-corrected chi connectivity index (χ1v) is 5.07. The Balaban J connectivity index is 2.21. The summed E-state index contributed by atoms with van der Waals surface area (Å²) in [6, 6.07) is 7.27. The van der Waals surface area contributed by atoms with Crippen LogP contribution in [0.15, 0.2) is 33.9 Å². The molecule has 0 heterocycles. The van der Waals surface area contributed by atoms with Crippen molar-refractivity contribution in [3.8, 4) is 5.75 Å². The zero-order chi connectivity index (χ0) is 12.6.